The summed E-state index contributed by atoms with van der Waals surface area (Å²) in [5.41, 5.74) is 3.00. The number of aromatic nitrogens is 1. The second kappa shape index (κ2) is 5.60. The van der Waals surface area contributed by atoms with Crippen LogP contribution < -0.4 is 4.90 Å². The van der Waals surface area contributed by atoms with Gasteiger partial charge < -0.3 is 9.32 Å². The van der Waals surface area contributed by atoms with Gasteiger partial charge in [-0.2, -0.15) is 0 Å². The van der Waals surface area contributed by atoms with E-state index in [1.54, 1.807) is 6.26 Å². The van der Waals surface area contributed by atoms with Crippen molar-refractivity contribution in [1.82, 2.24) is 4.98 Å². The molecule has 108 valence electrons. The number of nitrogens with zero attached hydrogens (tertiary/aromatic N) is 2. The number of hydrogen-bond acceptors (Lipinski definition) is 3. The smallest absolute Gasteiger partial charge is 0.154 e. The SMILES string of the molecule is CCC(C)N(C)c1cc2ccccc2nc1-c1ccco1. The van der Waals surface area contributed by atoms with Gasteiger partial charge in [-0.25, -0.2) is 4.98 Å². The molecule has 21 heavy (non-hydrogen) atoms. The van der Waals surface area contributed by atoms with Gasteiger partial charge in [0, 0.05) is 18.5 Å². The largest absolute Gasteiger partial charge is 0.463 e. The topological polar surface area (TPSA) is 29.3 Å². The molecule has 1 atom stereocenters. The first-order chi connectivity index (χ1) is 10.2. The Morgan fingerprint density at radius 1 is 1.19 bits per heavy atom. The minimum atomic E-state index is 0.446. The van der Waals surface area contributed by atoms with Crippen molar-refractivity contribution in [3.8, 4) is 11.5 Å². The molecule has 2 heterocycles. The van der Waals surface area contributed by atoms with Gasteiger partial charge in [0.05, 0.1) is 17.5 Å². The van der Waals surface area contributed by atoms with E-state index in [1.807, 2.05) is 30.3 Å². The van der Waals surface area contributed by atoms with Crippen LogP contribution >= 0.6 is 0 Å². The zero-order valence-electron chi connectivity index (χ0n) is 12.7. The first-order valence-electron chi connectivity index (χ1n) is 7.37. The number of benzene rings is 1. The number of pyridine rings is 1. The van der Waals surface area contributed by atoms with Crippen LogP contribution in [0, 0.1) is 0 Å². The normalized spacial score (nSPS) is 12.5. The van der Waals surface area contributed by atoms with E-state index in [2.05, 4.69) is 37.9 Å². The lowest BCUT2D eigenvalue weighted by Gasteiger charge is -2.27. The fraction of sp³-hybridized carbons (Fsp3) is 0.278. The summed E-state index contributed by atoms with van der Waals surface area (Å²) in [5.74, 6) is 0.811. The van der Waals surface area contributed by atoms with Crippen LogP contribution in [0.2, 0.25) is 0 Å². The third-order valence-electron chi connectivity index (χ3n) is 4.09. The van der Waals surface area contributed by atoms with Gasteiger partial charge in [0.25, 0.3) is 0 Å². The van der Waals surface area contributed by atoms with Crippen LogP contribution in [-0.4, -0.2) is 18.1 Å². The second-order valence-electron chi connectivity index (χ2n) is 5.39. The van der Waals surface area contributed by atoms with Crippen molar-refractivity contribution >= 4 is 16.6 Å². The molecule has 1 unspecified atom stereocenters. The third-order valence-corrected chi connectivity index (χ3v) is 4.09. The molecule has 0 aliphatic heterocycles. The Morgan fingerprint density at radius 3 is 2.71 bits per heavy atom. The van der Waals surface area contributed by atoms with Crippen molar-refractivity contribution in [3.05, 3.63) is 48.7 Å². The van der Waals surface area contributed by atoms with Gasteiger partial charge in [-0.05, 0) is 37.6 Å². The third kappa shape index (κ3) is 2.51. The molecule has 0 radical (unpaired) electrons. The zero-order valence-corrected chi connectivity index (χ0v) is 12.7. The van der Waals surface area contributed by atoms with E-state index >= 15 is 0 Å². The number of furan rings is 1. The molecule has 0 N–H and O–H groups in total. The van der Waals surface area contributed by atoms with Crippen LogP contribution in [0.4, 0.5) is 5.69 Å². The molecular formula is C18H20N2O. The van der Waals surface area contributed by atoms with Gasteiger partial charge in [-0.15, -0.1) is 0 Å². The van der Waals surface area contributed by atoms with Gasteiger partial charge in [-0.3, -0.25) is 0 Å². The van der Waals surface area contributed by atoms with Crippen molar-refractivity contribution < 1.29 is 4.42 Å². The summed E-state index contributed by atoms with van der Waals surface area (Å²) in [7, 11) is 2.12. The lowest BCUT2D eigenvalue weighted by molar-refractivity contribution is 0.579. The molecule has 0 aliphatic carbocycles. The Kier molecular flexibility index (Phi) is 3.65. The van der Waals surface area contributed by atoms with E-state index in [-0.39, 0.29) is 0 Å². The van der Waals surface area contributed by atoms with Crippen molar-refractivity contribution in [2.45, 2.75) is 26.3 Å². The molecule has 0 spiro atoms. The monoisotopic (exact) mass is 280 g/mol. The Balaban J connectivity index is 2.22. The van der Waals surface area contributed by atoms with Crippen LogP contribution in [-0.2, 0) is 0 Å². The molecule has 0 fully saturated rings. The number of anilines is 1. The van der Waals surface area contributed by atoms with Crippen LogP contribution in [0.25, 0.3) is 22.4 Å². The minimum Gasteiger partial charge on any atom is -0.463 e. The summed E-state index contributed by atoms with van der Waals surface area (Å²) in [5, 5.41) is 1.15. The molecule has 0 bridgehead atoms. The van der Waals surface area contributed by atoms with Gasteiger partial charge in [0.1, 0.15) is 5.69 Å². The van der Waals surface area contributed by atoms with Crippen LogP contribution in [0.1, 0.15) is 20.3 Å². The lowest BCUT2D eigenvalue weighted by atomic mass is 10.1. The number of para-hydroxylation sites is 1. The average molecular weight is 280 g/mol. The highest BCUT2D eigenvalue weighted by Crippen LogP contribution is 2.33. The molecular weight excluding hydrogens is 260 g/mol. The fourth-order valence-corrected chi connectivity index (χ4v) is 2.48. The number of hydrogen-bond donors (Lipinski definition) is 0. The molecule has 0 aliphatic rings. The number of rotatable bonds is 4. The summed E-state index contributed by atoms with van der Waals surface area (Å²) < 4.78 is 5.58. The molecule has 3 nitrogen and oxygen atoms in total. The van der Waals surface area contributed by atoms with E-state index in [1.165, 1.54) is 0 Å². The van der Waals surface area contributed by atoms with Crippen molar-refractivity contribution in [3.63, 3.8) is 0 Å². The van der Waals surface area contributed by atoms with Crippen LogP contribution in [0.5, 0.6) is 0 Å². The van der Waals surface area contributed by atoms with E-state index < -0.39 is 0 Å². The van der Waals surface area contributed by atoms with Crippen LogP contribution in [0.15, 0.2) is 53.1 Å². The summed E-state index contributed by atoms with van der Waals surface area (Å²) in [6.45, 7) is 4.42. The maximum atomic E-state index is 5.58. The fourth-order valence-electron chi connectivity index (χ4n) is 2.48. The molecule has 3 rings (SSSR count). The van der Waals surface area contributed by atoms with Crippen molar-refractivity contribution in [2.75, 3.05) is 11.9 Å². The Bertz CT molecular complexity index is 734. The summed E-state index contributed by atoms with van der Waals surface area (Å²) in [6, 6.07) is 14.7. The Labute approximate surface area is 125 Å². The summed E-state index contributed by atoms with van der Waals surface area (Å²) in [6.07, 6.45) is 2.78. The van der Waals surface area contributed by atoms with Gasteiger partial charge in [0.2, 0.25) is 0 Å². The van der Waals surface area contributed by atoms with Crippen molar-refractivity contribution in [2.24, 2.45) is 0 Å². The highest BCUT2D eigenvalue weighted by atomic mass is 16.3. The average Bonchev–Trinajstić information content (AvgIpc) is 3.06. The minimum absolute atomic E-state index is 0.446. The quantitative estimate of drug-likeness (QED) is 0.692. The highest BCUT2D eigenvalue weighted by Gasteiger charge is 2.17. The first kappa shape index (κ1) is 13.7. The van der Waals surface area contributed by atoms with Gasteiger partial charge in [-0.1, -0.05) is 25.1 Å². The summed E-state index contributed by atoms with van der Waals surface area (Å²) >= 11 is 0. The molecule has 1 aromatic carbocycles. The maximum Gasteiger partial charge on any atom is 0.154 e. The molecule has 0 saturated carbocycles. The molecule has 3 aromatic rings. The van der Waals surface area contributed by atoms with Crippen LogP contribution in [0.3, 0.4) is 0 Å². The molecule has 0 amide bonds. The second-order valence-corrected chi connectivity index (χ2v) is 5.39. The van der Waals surface area contributed by atoms with E-state index in [9.17, 15) is 0 Å². The van der Waals surface area contributed by atoms with Crippen molar-refractivity contribution in [1.29, 1.82) is 0 Å². The number of fused-ring (bicyclic) bond motifs is 1. The zero-order chi connectivity index (χ0) is 14.8. The lowest BCUT2D eigenvalue weighted by Crippen LogP contribution is -2.28. The Morgan fingerprint density at radius 2 is 2.00 bits per heavy atom. The Hall–Kier alpha value is -2.29. The van der Waals surface area contributed by atoms with Gasteiger partial charge in [0.15, 0.2) is 5.76 Å². The maximum absolute atomic E-state index is 5.58. The summed E-state index contributed by atoms with van der Waals surface area (Å²) in [4.78, 5) is 7.10. The molecule has 3 heteroatoms. The van der Waals surface area contributed by atoms with E-state index in [0.29, 0.717) is 6.04 Å². The molecule has 2 aromatic heterocycles. The first-order valence-corrected chi connectivity index (χ1v) is 7.37. The van der Waals surface area contributed by atoms with E-state index in [0.717, 1.165) is 34.5 Å². The predicted molar refractivity (Wildman–Crippen MR) is 87.6 cm³/mol. The molecule has 0 saturated heterocycles. The van der Waals surface area contributed by atoms with E-state index in [4.69, 9.17) is 9.40 Å². The standard InChI is InChI=1S/C18H20N2O/c1-4-13(2)20(3)16-12-14-8-5-6-9-15(14)19-18(16)17-10-7-11-21-17/h5-13H,4H2,1-3H3. The predicted octanol–water partition coefficient (Wildman–Crippen LogP) is 4.73. The van der Waals surface area contributed by atoms with Gasteiger partial charge >= 0.3 is 0 Å². The highest BCUT2D eigenvalue weighted by molar-refractivity contribution is 5.88.